The molecule has 3 rings (SSSR count). The van der Waals surface area contributed by atoms with Crippen LogP contribution in [0.15, 0.2) is 54.9 Å². The Bertz CT molecular complexity index is 956. The summed E-state index contributed by atoms with van der Waals surface area (Å²) in [4.78, 5) is 23.3. The first-order valence-electron chi connectivity index (χ1n) is 9.15. The Morgan fingerprint density at radius 1 is 1.14 bits per heavy atom. The van der Waals surface area contributed by atoms with Crippen molar-refractivity contribution >= 4 is 17.8 Å². The summed E-state index contributed by atoms with van der Waals surface area (Å²) in [5.74, 6) is -0.603. The minimum Gasteiger partial charge on any atom is -0.481 e. The van der Waals surface area contributed by atoms with E-state index in [-0.39, 0.29) is 12.5 Å². The number of nitrogens with one attached hydrogen (secondary N) is 2. The molecule has 0 bridgehead atoms. The molecule has 1 aromatic carbocycles. The van der Waals surface area contributed by atoms with Gasteiger partial charge < -0.3 is 10.4 Å². The number of urea groups is 1. The Balaban J connectivity index is 1.60. The van der Waals surface area contributed by atoms with Gasteiger partial charge in [0.25, 0.3) is 0 Å². The van der Waals surface area contributed by atoms with Gasteiger partial charge in [0.05, 0.1) is 11.9 Å². The SMILES string of the molecule is Cn1cc(-c2ccc(NC(=O)NC(CCC(=O)O)Cc3ccccc3)nn2)cn1. The summed E-state index contributed by atoms with van der Waals surface area (Å²) in [5, 5.41) is 26.6. The highest BCUT2D eigenvalue weighted by molar-refractivity contribution is 5.88. The number of anilines is 1. The second-order valence-electron chi connectivity index (χ2n) is 6.62. The molecule has 2 amide bonds. The topological polar surface area (TPSA) is 122 Å². The van der Waals surface area contributed by atoms with Crippen LogP contribution in [-0.2, 0) is 18.3 Å². The molecular formula is C20H22N6O3. The van der Waals surface area contributed by atoms with Crippen LogP contribution in [0.4, 0.5) is 10.6 Å². The number of hydrogen-bond acceptors (Lipinski definition) is 5. The molecule has 0 saturated heterocycles. The third-order valence-corrected chi connectivity index (χ3v) is 4.27. The highest BCUT2D eigenvalue weighted by Crippen LogP contribution is 2.15. The first-order valence-corrected chi connectivity index (χ1v) is 9.15. The molecule has 0 radical (unpaired) electrons. The lowest BCUT2D eigenvalue weighted by atomic mass is 10.0. The lowest BCUT2D eigenvalue weighted by Gasteiger charge is -2.18. The highest BCUT2D eigenvalue weighted by Gasteiger charge is 2.15. The van der Waals surface area contributed by atoms with E-state index in [4.69, 9.17) is 5.11 Å². The normalized spacial score (nSPS) is 11.6. The predicted molar refractivity (Wildman–Crippen MR) is 107 cm³/mol. The maximum absolute atomic E-state index is 12.4. The van der Waals surface area contributed by atoms with Crippen LogP contribution >= 0.6 is 0 Å². The van der Waals surface area contributed by atoms with E-state index in [2.05, 4.69) is 25.9 Å². The summed E-state index contributed by atoms with van der Waals surface area (Å²) >= 11 is 0. The van der Waals surface area contributed by atoms with E-state index in [1.54, 1.807) is 23.0 Å². The summed E-state index contributed by atoms with van der Waals surface area (Å²) in [6.07, 6.45) is 4.33. The van der Waals surface area contributed by atoms with Crippen LogP contribution in [0.2, 0.25) is 0 Å². The third kappa shape index (κ3) is 6.13. The van der Waals surface area contributed by atoms with Gasteiger partial charge in [-0.3, -0.25) is 14.8 Å². The van der Waals surface area contributed by atoms with Crippen molar-refractivity contribution < 1.29 is 14.7 Å². The van der Waals surface area contributed by atoms with Gasteiger partial charge in [0.1, 0.15) is 0 Å². The number of benzene rings is 1. The number of carboxylic acids is 1. The summed E-state index contributed by atoms with van der Waals surface area (Å²) in [5.41, 5.74) is 2.49. The number of aromatic nitrogens is 4. The molecule has 29 heavy (non-hydrogen) atoms. The molecular weight excluding hydrogens is 372 g/mol. The Labute approximate surface area is 167 Å². The van der Waals surface area contributed by atoms with Crippen molar-refractivity contribution in [3.8, 4) is 11.3 Å². The molecule has 0 aliphatic heterocycles. The molecule has 9 heteroatoms. The van der Waals surface area contributed by atoms with Crippen molar-refractivity contribution in [2.75, 3.05) is 5.32 Å². The van der Waals surface area contributed by atoms with Gasteiger partial charge in [0, 0.05) is 31.3 Å². The van der Waals surface area contributed by atoms with Crippen molar-refractivity contribution in [2.24, 2.45) is 7.05 Å². The lowest BCUT2D eigenvalue weighted by Crippen LogP contribution is -2.39. The Morgan fingerprint density at radius 3 is 2.55 bits per heavy atom. The van der Waals surface area contributed by atoms with E-state index in [1.807, 2.05) is 43.6 Å². The number of nitrogens with zero attached hydrogens (tertiary/aromatic N) is 4. The van der Waals surface area contributed by atoms with Crippen LogP contribution in [0, 0.1) is 0 Å². The predicted octanol–water partition coefficient (Wildman–Crippen LogP) is 2.47. The van der Waals surface area contributed by atoms with E-state index < -0.39 is 12.0 Å². The first kappa shape index (κ1) is 20.0. The van der Waals surface area contributed by atoms with Gasteiger partial charge in [-0.15, -0.1) is 10.2 Å². The lowest BCUT2D eigenvalue weighted by molar-refractivity contribution is -0.137. The molecule has 0 fully saturated rings. The van der Waals surface area contributed by atoms with Crippen molar-refractivity contribution in [1.29, 1.82) is 0 Å². The average Bonchev–Trinajstić information content (AvgIpc) is 3.14. The first-order chi connectivity index (χ1) is 14.0. The number of aryl methyl sites for hydroxylation is 1. The van der Waals surface area contributed by atoms with E-state index >= 15 is 0 Å². The standard InChI is InChI=1S/C20H22N6O3/c1-26-13-15(12-21-26)17-8-9-18(25-24-17)23-20(29)22-16(7-10-19(27)28)11-14-5-3-2-4-6-14/h2-6,8-9,12-13,16H,7,10-11H2,1H3,(H,27,28)(H2,22,23,25,29). The fourth-order valence-corrected chi connectivity index (χ4v) is 2.87. The monoisotopic (exact) mass is 394 g/mol. The zero-order valence-electron chi connectivity index (χ0n) is 15.9. The molecule has 1 atom stereocenters. The fourth-order valence-electron chi connectivity index (χ4n) is 2.87. The Morgan fingerprint density at radius 2 is 1.93 bits per heavy atom. The highest BCUT2D eigenvalue weighted by atomic mass is 16.4. The smallest absolute Gasteiger partial charge is 0.320 e. The molecule has 1 unspecified atom stereocenters. The summed E-state index contributed by atoms with van der Waals surface area (Å²) < 4.78 is 1.67. The maximum Gasteiger partial charge on any atom is 0.320 e. The summed E-state index contributed by atoms with van der Waals surface area (Å²) in [7, 11) is 1.81. The molecule has 3 N–H and O–H groups in total. The second kappa shape index (κ2) is 9.45. The van der Waals surface area contributed by atoms with Crippen molar-refractivity contribution in [3.63, 3.8) is 0 Å². The van der Waals surface area contributed by atoms with Gasteiger partial charge in [0.15, 0.2) is 5.82 Å². The zero-order chi connectivity index (χ0) is 20.6. The average molecular weight is 394 g/mol. The summed E-state index contributed by atoms with van der Waals surface area (Å²) in [6.45, 7) is 0. The molecule has 2 aromatic heterocycles. The minimum atomic E-state index is -0.901. The van der Waals surface area contributed by atoms with Gasteiger partial charge >= 0.3 is 12.0 Å². The van der Waals surface area contributed by atoms with Crippen LogP contribution in [0.25, 0.3) is 11.3 Å². The third-order valence-electron chi connectivity index (χ3n) is 4.27. The van der Waals surface area contributed by atoms with Crippen LogP contribution in [0.5, 0.6) is 0 Å². The molecule has 0 spiro atoms. The number of amides is 2. The van der Waals surface area contributed by atoms with E-state index in [9.17, 15) is 9.59 Å². The Hall–Kier alpha value is -3.75. The zero-order valence-corrected chi connectivity index (χ0v) is 15.9. The Kier molecular flexibility index (Phi) is 6.51. The van der Waals surface area contributed by atoms with Gasteiger partial charge in [-0.2, -0.15) is 5.10 Å². The van der Waals surface area contributed by atoms with Crippen molar-refractivity contribution in [2.45, 2.75) is 25.3 Å². The quantitative estimate of drug-likeness (QED) is 0.539. The van der Waals surface area contributed by atoms with Crippen LogP contribution in [-0.4, -0.2) is 43.1 Å². The second-order valence-corrected chi connectivity index (χ2v) is 6.62. The minimum absolute atomic E-state index is 0.0304. The number of carbonyl (C=O) groups is 2. The molecule has 0 aliphatic rings. The largest absolute Gasteiger partial charge is 0.481 e. The molecule has 2 heterocycles. The fraction of sp³-hybridized carbons (Fsp3) is 0.250. The van der Waals surface area contributed by atoms with E-state index in [1.165, 1.54) is 0 Å². The number of rotatable bonds is 8. The molecule has 9 nitrogen and oxygen atoms in total. The number of carbonyl (C=O) groups excluding carboxylic acids is 1. The maximum atomic E-state index is 12.4. The van der Waals surface area contributed by atoms with Crippen LogP contribution in [0.1, 0.15) is 18.4 Å². The van der Waals surface area contributed by atoms with Gasteiger partial charge in [-0.25, -0.2) is 4.79 Å². The number of carboxylic acid groups (broad SMARTS) is 1. The van der Waals surface area contributed by atoms with Crippen LogP contribution < -0.4 is 10.6 Å². The molecule has 0 aliphatic carbocycles. The van der Waals surface area contributed by atoms with Gasteiger partial charge in [0.2, 0.25) is 0 Å². The van der Waals surface area contributed by atoms with Crippen LogP contribution in [0.3, 0.4) is 0 Å². The summed E-state index contributed by atoms with van der Waals surface area (Å²) in [6, 6.07) is 12.2. The molecule has 3 aromatic rings. The van der Waals surface area contributed by atoms with Gasteiger partial charge in [-0.05, 0) is 30.5 Å². The molecule has 0 saturated carbocycles. The van der Waals surface area contributed by atoms with Crippen molar-refractivity contribution in [1.82, 2.24) is 25.3 Å². The number of hydrogen-bond donors (Lipinski definition) is 3. The van der Waals surface area contributed by atoms with Crippen molar-refractivity contribution in [3.05, 3.63) is 60.4 Å². The molecule has 150 valence electrons. The number of aliphatic carboxylic acids is 1. The van der Waals surface area contributed by atoms with Gasteiger partial charge in [-0.1, -0.05) is 30.3 Å². The van der Waals surface area contributed by atoms with E-state index in [0.29, 0.717) is 24.4 Å². The van der Waals surface area contributed by atoms with E-state index in [0.717, 1.165) is 11.1 Å².